The number of nitrogens with two attached hydrogens (primary N) is 1. The van der Waals surface area contributed by atoms with Gasteiger partial charge in [-0.05, 0) is 17.2 Å². The number of benzene rings is 1. The fraction of sp³-hybridized carbons (Fsp3) is 0.438. The molecule has 0 aliphatic carbocycles. The van der Waals surface area contributed by atoms with Gasteiger partial charge >= 0.3 is 0 Å². The van der Waals surface area contributed by atoms with Crippen molar-refractivity contribution in [3.05, 3.63) is 45.4 Å². The van der Waals surface area contributed by atoms with Crippen LogP contribution in [0.1, 0.15) is 42.6 Å². The van der Waals surface area contributed by atoms with Gasteiger partial charge in [0, 0.05) is 29.6 Å². The number of aromatic nitrogens is 1. The zero-order valence-corrected chi connectivity index (χ0v) is 13.1. The third-order valence-corrected chi connectivity index (χ3v) is 4.60. The Morgan fingerprint density at radius 2 is 2.10 bits per heavy atom. The number of thiazole rings is 1. The van der Waals surface area contributed by atoms with Crippen LogP contribution >= 0.6 is 11.3 Å². The van der Waals surface area contributed by atoms with Crippen molar-refractivity contribution in [3.8, 4) is 0 Å². The summed E-state index contributed by atoms with van der Waals surface area (Å²) < 4.78 is 0. The van der Waals surface area contributed by atoms with Gasteiger partial charge in [-0.3, -0.25) is 4.90 Å². The summed E-state index contributed by atoms with van der Waals surface area (Å²) in [5, 5.41) is 3.38. The van der Waals surface area contributed by atoms with Crippen molar-refractivity contribution in [2.45, 2.75) is 45.8 Å². The van der Waals surface area contributed by atoms with Gasteiger partial charge in [-0.15, -0.1) is 11.3 Å². The Morgan fingerprint density at radius 1 is 1.30 bits per heavy atom. The average molecular weight is 287 g/mol. The van der Waals surface area contributed by atoms with Crippen LogP contribution in [-0.2, 0) is 25.0 Å². The van der Waals surface area contributed by atoms with Crippen molar-refractivity contribution in [1.29, 1.82) is 0 Å². The molecule has 3 rings (SSSR count). The van der Waals surface area contributed by atoms with E-state index in [-0.39, 0.29) is 5.41 Å². The minimum absolute atomic E-state index is 0.132. The molecule has 3 nitrogen and oxygen atoms in total. The summed E-state index contributed by atoms with van der Waals surface area (Å²) in [6, 6.07) is 6.20. The third-order valence-electron chi connectivity index (χ3n) is 3.76. The van der Waals surface area contributed by atoms with E-state index in [2.05, 4.69) is 37.1 Å². The largest absolute Gasteiger partial charge is 0.398 e. The van der Waals surface area contributed by atoms with Gasteiger partial charge in [0.1, 0.15) is 5.01 Å². The quantitative estimate of drug-likeness (QED) is 0.859. The molecular formula is C16H21N3S. The molecule has 1 aromatic carbocycles. The van der Waals surface area contributed by atoms with Gasteiger partial charge in [-0.2, -0.15) is 0 Å². The molecular weight excluding hydrogens is 266 g/mol. The van der Waals surface area contributed by atoms with Crippen molar-refractivity contribution >= 4 is 17.0 Å². The molecule has 106 valence electrons. The molecule has 0 saturated carbocycles. The fourth-order valence-corrected chi connectivity index (χ4v) is 3.61. The van der Waals surface area contributed by atoms with Crippen LogP contribution in [0.3, 0.4) is 0 Å². The predicted molar refractivity (Wildman–Crippen MR) is 84.6 cm³/mol. The lowest BCUT2D eigenvalue weighted by Gasteiger charge is -2.15. The van der Waals surface area contributed by atoms with Crippen molar-refractivity contribution in [2.75, 3.05) is 5.73 Å². The van der Waals surface area contributed by atoms with E-state index in [0.29, 0.717) is 0 Å². The fourth-order valence-electron chi connectivity index (χ4n) is 2.55. The summed E-state index contributed by atoms with van der Waals surface area (Å²) in [5.41, 5.74) is 10.9. The highest BCUT2D eigenvalue weighted by Gasteiger charge is 2.23. The average Bonchev–Trinajstić information content (AvgIpc) is 2.96. The second kappa shape index (κ2) is 4.86. The van der Waals surface area contributed by atoms with Crippen LogP contribution < -0.4 is 5.73 Å². The SMILES string of the molecule is CC(C)(C)c1csc(CN2Cc3cccc(N)c3C2)n1. The second-order valence-corrected chi connectivity index (χ2v) is 7.45. The van der Waals surface area contributed by atoms with Crippen LogP contribution in [0.2, 0.25) is 0 Å². The van der Waals surface area contributed by atoms with Crippen LogP contribution in [-0.4, -0.2) is 9.88 Å². The molecule has 0 radical (unpaired) electrons. The molecule has 0 unspecified atom stereocenters. The molecule has 1 aliphatic heterocycles. The van der Waals surface area contributed by atoms with Gasteiger partial charge in [-0.1, -0.05) is 32.9 Å². The summed E-state index contributed by atoms with van der Waals surface area (Å²) in [7, 11) is 0. The lowest BCUT2D eigenvalue weighted by atomic mass is 9.93. The van der Waals surface area contributed by atoms with Gasteiger partial charge in [0.15, 0.2) is 0 Å². The van der Waals surface area contributed by atoms with Crippen molar-refractivity contribution in [2.24, 2.45) is 0 Å². The highest BCUT2D eigenvalue weighted by atomic mass is 32.1. The van der Waals surface area contributed by atoms with Crippen LogP contribution in [0.15, 0.2) is 23.6 Å². The Balaban J connectivity index is 1.72. The van der Waals surface area contributed by atoms with Crippen LogP contribution in [0.25, 0.3) is 0 Å². The number of hydrogen-bond donors (Lipinski definition) is 1. The van der Waals surface area contributed by atoms with Crippen molar-refractivity contribution < 1.29 is 0 Å². The minimum atomic E-state index is 0.132. The van der Waals surface area contributed by atoms with E-state index in [9.17, 15) is 0 Å². The van der Waals surface area contributed by atoms with E-state index < -0.39 is 0 Å². The van der Waals surface area contributed by atoms with E-state index in [1.54, 1.807) is 11.3 Å². The Labute approximate surface area is 124 Å². The first-order valence-electron chi connectivity index (χ1n) is 6.97. The van der Waals surface area contributed by atoms with Crippen molar-refractivity contribution in [3.63, 3.8) is 0 Å². The lowest BCUT2D eigenvalue weighted by molar-refractivity contribution is 0.275. The number of hydrogen-bond acceptors (Lipinski definition) is 4. The maximum atomic E-state index is 6.05. The summed E-state index contributed by atoms with van der Waals surface area (Å²) in [6.45, 7) is 9.45. The smallest absolute Gasteiger partial charge is 0.107 e. The number of rotatable bonds is 2. The number of nitrogen functional groups attached to an aromatic ring is 1. The van der Waals surface area contributed by atoms with E-state index in [1.165, 1.54) is 21.8 Å². The second-order valence-electron chi connectivity index (χ2n) is 6.51. The van der Waals surface area contributed by atoms with E-state index in [0.717, 1.165) is 25.3 Å². The zero-order valence-electron chi connectivity index (χ0n) is 12.3. The lowest BCUT2D eigenvalue weighted by Crippen LogP contribution is -2.16. The third kappa shape index (κ3) is 2.58. The first-order valence-corrected chi connectivity index (χ1v) is 7.85. The van der Waals surface area contributed by atoms with Gasteiger partial charge in [0.2, 0.25) is 0 Å². The molecule has 1 aliphatic rings. The van der Waals surface area contributed by atoms with Gasteiger partial charge in [0.25, 0.3) is 0 Å². The molecule has 4 heteroatoms. The summed E-state index contributed by atoms with van der Waals surface area (Å²) in [4.78, 5) is 7.18. The standard InChI is InChI=1S/C16H21N3S/c1-16(2,3)14-10-20-15(18-14)9-19-7-11-5-4-6-13(17)12(11)8-19/h4-6,10H,7-9,17H2,1-3H3. The Morgan fingerprint density at radius 3 is 2.75 bits per heavy atom. The minimum Gasteiger partial charge on any atom is -0.398 e. The Hall–Kier alpha value is -1.39. The highest BCUT2D eigenvalue weighted by molar-refractivity contribution is 7.09. The first kappa shape index (κ1) is 13.6. The maximum absolute atomic E-state index is 6.05. The van der Waals surface area contributed by atoms with E-state index in [4.69, 9.17) is 10.7 Å². The highest BCUT2D eigenvalue weighted by Crippen LogP contribution is 2.30. The topological polar surface area (TPSA) is 42.1 Å². The van der Waals surface area contributed by atoms with Gasteiger partial charge in [-0.25, -0.2) is 4.98 Å². The zero-order chi connectivity index (χ0) is 14.3. The van der Waals surface area contributed by atoms with Gasteiger partial charge in [0.05, 0.1) is 12.2 Å². The van der Waals surface area contributed by atoms with Gasteiger partial charge < -0.3 is 5.73 Å². The Kier molecular flexibility index (Phi) is 3.30. The van der Waals surface area contributed by atoms with E-state index >= 15 is 0 Å². The first-order chi connectivity index (χ1) is 9.43. The number of nitrogens with zero attached hydrogens (tertiary/aromatic N) is 2. The maximum Gasteiger partial charge on any atom is 0.107 e. The van der Waals surface area contributed by atoms with Crippen molar-refractivity contribution in [1.82, 2.24) is 9.88 Å². The molecule has 0 bridgehead atoms. The molecule has 0 amide bonds. The molecule has 0 fully saturated rings. The molecule has 2 heterocycles. The number of anilines is 1. The van der Waals surface area contributed by atoms with Crippen LogP contribution in [0, 0.1) is 0 Å². The molecule has 2 aromatic rings. The molecule has 1 aromatic heterocycles. The Bertz CT molecular complexity index is 625. The van der Waals surface area contributed by atoms with Crippen LogP contribution in [0.4, 0.5) is 5.69 Å². The molecule has 0 saturated heterocycles. The van der Waals surface area contributed by atoms with E-state index in [1.807, 2.05) is 12.1 Å². The monoisotopic (exact) mass is 287 g/mol. The van der Waals surface area contributed by atoms with Crippen LogP contribution in [0.5, 0.6) is 0 Å². The number of fused-ring (bicyclic) bond motifs is 1. The molecule has 2 N–H and O–H groups in total. The summed E-state index contributed by atoms with van der Waals surface area (Å²) in [6.07, 6.45) is 0. The molecule has 0 atom stereocenters. The predicted octanol–water partition coefficient (Wildman–Crippen LogP) is 3.54. The normalized spacial score (nSPS) is 15.6. The molecule has 20 heavy (non-hydrogen) atoms. The molecule has 0 spiro atoms. The summed E-state index contributed by atoms with van der Waals surface area (Å²) >= 11 is 1.76. The summed E-state index contributed by atoms with van der Waals surface area (Å²) in [5.74, 6) is 0.